The third kappa shape index (κ3) is 4.12. The molecule has 0 atom stereocenters. The number of nitrogens with one attached hydrogen (secondary N) is 1. The number of carbonyl (C=O) groups is 2. The topological polar surface area (TPSA) is 79.3 Å². The SMILES string of the molecule is Cc1nc(C(=O)NCCc2ccc(Br)s2)ccc1C(=O)O. The number of amides is 1. The first-order valence-electron chi connectivity index (χ1n) is 6.20. The number of aromatic nitrogens is 1. The maximum Gasteiger partial charge on any atom is 0.337 e. The molecule has 0 radical (unpaired) electrons. The minimum Gasteiger partial charge on any atom is -0.478 e. The highest BCUT2D eigenvalue weighted by Crippen LogP contribution is 2.22. The molecule has 0 unspecified atom stereocenters. The number of aryl methyl sites for hydroxylation is 1. The second-order valence-corrected chi connectivity index (χ2v) is 6.89. The van der Waals surface area contributed by atoms with Crippen molar-refractivity contribution < 1.29 is 14.7 Å². The molecule has 21 heavy (non-hydrogen) atoms. The Hall–Kier alpha value is -1.73. The van der Waals surface area contributed by atoms with E-state index in [2.05, 4.69) is 26.2 Å². The van der Waals surface area contributed by atoms with Gasteiger partial charge in [-0.25, -0.2) is 9.78 Å². The summed E-state index contributed by atoms with van der Waals surface area (Å²) in [6, 6.07) is 6.80. The van der Waals surface area contributed by atoms with Gasteiger partial charge in [-0.2, -0.15) is 0 Å². The average Bonchev–Trinajstić information content (AvgIpc) is 2.83. The molecule has 2 heterocycles. The summed E-state index contributed by atoms with van der Waals surface area (Å²) in [5.74, 6) is -1.35. The highest BCUT2D eigenvalue weighted by Gasteiger charge is 2.12. The molecular weight excluding hydrogens is 356 g/mol. The lowest BCUT2D eigenvalue weighted by molar-refractivity contribution is 0.0694. The van der Waals surface area contributed by atoms with Crippen LogP contribution in [0.4, 0.5) is 0 Å². The molecule has 0 spiro atoms. The number of rotatable bonds is 5. The van der Waals surface area contributed by atoms with Crippen molar-refractivity contribution in [1.82, 2.24) is 10.3 Å². The van der Waals surface area contributed by atoms with Gasteiger partial charge in [-0.05, 0) is 53.5 Å². The van der Waals surface area contributed by atoms with Crippen molar-refractivity contribution >= 4 is 39.1 Å². The fourth-order valence-electron chi connectivity index (χ4n) is 1.79. The number of halogens is 1. The number of nitrogens with zero attached hydrogens (tertiary/aromatic N) is 1. The molecule has 2 aromatic heterocycles. The first-order chi connectivity index (χ1) is 9.97. The maximum atomic E-state index is 11.9. The van der Waals surface area contributed by atoms with Crippen LogP contribution < -0.4 is 5.32 Å². The summed E-state index contributed by atoms with van der Waals surface area (Å²) in [5.41, 5.74) is 0.664. The normalized spacial score (nSPS) is 10.4. The largest absolute Gasteiger partial charge is 0.478 e. The Morgan fingerprint density at radius 1 is 1.33 bits per heavy atom. The number of carboxylic acids is 1. The first kappa shape index (κ1) is 15.7. The van der Waals surface area contributed by atoms with E-state index in [-0.39, 0.29) is 17.2 Å². The summed E-state index contributed by atoms with van der Waals surface area (Å²) in [5, 5.41) is 11.7. The number of thiophene rings is 1. The van der Waals surface area contributed by atoms with Crippen molar-refractivity contribution in [2.24, 2.45) is 0 Å². The number of pyridine rings is 1. The van der Waals surface area contributed by atoms with Crippen molar-refractivity contribution in [3.63, 3.8) is 0 Å². The maximum absolute atomic E-state index is 11.9. The minimum absolute atomic E-state index is 0.106. The van der Waals surface area contributed by atoms with Crippen LogP contribution in [0.1, 0.15) is 31.4 Å². The van der Waals surface area contributed by atoms with Crippen LogP contribution >= 0.6 is 27.3 Å². The molecule has 0 aliphatic heterocycles. The summed E-state index contributed by atoms with van der Waals surface area (Å²) in [4.78, 5) is 28.0. The van der Waals surface area contributed by atoms with Crippen molar-refractivity contribution in [2.45, 2.75) is 13.3 Å². The summed E-state index contributed by atoms with van der Waals surface area (Å²) in [6.07, 6.45) is 0.744. The Kier molecular flexibility index (Phi) is 5.08. The molecule has 2 aromatic rings. The Labute approximate surface area is 134 Å². The zero-order valence-electron chi connectivity index (χ0n) is 11.2. The van der Waals surface area contributed by atoms with Crippen LogP contribution in [-0.4, -0.2) is 28.5 Å². The summed E-state index contributed by atoms with van der Waals surface area (Å²) >= 11 is 5.02. The lowest BCUT2D eigenvalue weighted by Gasteiger charge is -2.06. The molecule has 0 bridgehead atoms. The molecule has 5 nitrogen and oxygen atoms in total. The van der Waals surface area contributed by atoms with Crippen LogP contribution in [0.2, 0.25) is 0 Å². The van der Waals surface area contributed by atoms with Gasteiger partial charge in [-0.15, -0.1) is 11.3 Å². The minimum atomic E-state index is -1.05. The lowest BCUT2D eigenvalue weighted by atomic mass is 10.2. The number of carbonyl (C=O) groups excluding carboxylic acids is 1. The van der Waals surface area contributed by atoms with E-state index in [1.165, 1.54) is 17.0 Å². The quantitative estimate of drug-likeness (QED) is 0.850. The van der Waals surface area contributed by atoms with Gasteiger partial charge in [0.1, 0.15) is 5.69 Å². The van der Waals surface area contributed by atoms with Crippen LogP contribution in [0.3, 0.4) is 0 Å². The van der Waals surface area contributed by atoms with E-state index in [0.717, 1.165) is 10.2 Å². The lowest BCUT2D eigenvalue weighted by Crippen LogP contribution is -2.26. The number of aromatic carboxylic acids is 1. The van der Waals surface area contributed by atoms with Gasteiger partial charge in [0, 0.05) is 11.4 Å². The highest BCUT2D eigenvalue weighted by atomic mass is 79.9. The molecule has 1 amide bonds. The predicted molar refractivity (Wildman–Crippen MR) is 84.0 cm³/mol. The fraction of sp³-hybridized carbons (Fsp3) is 0.214. The predicted octanol–water partition coefficient (Wildman–Crippen LogP) is 2.88. The standard InChI is InChI=1S/C14H13BrN2O3S/c1-8-10(14(19)20)3-4-11(17-8)13(18)16-7-6-9-2-5-12(15)21-9/h2-5H,6-7H2,1H3,(H,16,18)(H,19,20). The van der Waals surface area contributed by atoms with E-state index in [4.69, 9.17) is 5.11 Å². The molecule has 0 saturated heterocycles. The van der Waals surface area contributed by atoms with Gasteiger partial charge in [-0.3, -0.25) is 4.79 Å². The molecule has 7 heteroatoms. The van der Waals surface area contributed by atoms with Crippen LogP contribution in [-0.2, 0) is 6.42 Å². The fourth-order valence-corrected chi connectivity index (χ4v) is 3.27. The summed E-state index contributed by atoms with van der Waals surface area (Å²) in [6.45, 7) is 2.08. The van der Waals surface area contributed by atoms with E-state index >= 15 is 0 Å². The molecule has 0 aliphatic carbocycles. The van der Waals surface area contributed by atoms with E-state index in [0.29, 0.717) is 12.2 Å². The number of carboxylic acid groups (broad SMARTS) is 1. The Balaban J connectivity index is 1.94. The second kappa shape index (κ2) is 6.82. The van der Waals surface area contributed by atoms with E-state index in [1.54, 1.807) is 18.3 Å². The Morgan fingerprint density at radius 2 is 2.10 bits per heavy atom. The van der Waals surface area contributed by atoms with E-state index in [9.17, 15) is 9.59 Å². The van der Waals surface area contributed by atoms with Gasteiger partial charge in [-0.1, -0.05) is 0 Å². The molecule has 0 aliphatic rings. The van der Waals surface area contributed by atoms with Crippen LogP contribution in [0.25, 0.3) is 0 Å². The molecule has 0 saturated carbocycles. The summed E-state index contributed by atoms with van der Waals surface area (Å²) in [7, 11) is 0. The van der Waals surface area contributed by atoms with Gasteiger partial charge in [0.15, 0.2) is 0 Å². The Bertz CT molecular complexity index is 685. The molecular formula is C14H13BrN2O3S. The first-order valence-corrected chi connectivity index (χ1v) is 7.81. The zero-order valence-corrected chi connectivity index (χ0v) is 13.6. The summed E-state index contributed by atoms with van der Waals surface area (Å²) < 4.78 is 1.06. The van der Waals surface area contributed by atoms with Gasteiger partial charge < -0.3 is 10.4 Å². The van der Waals surface area contributed by atoms with Crippen molar-refractivity contribution in [1.29, 1.82) is 0 Å². The molecule has 2 rings (SSSR count). The van der Waals surface area contributed by atoms with Crippen LogP contribution in [0, 0.1) is 6.92 Å². The molecule has 0 fully saturated rings. The Morgan fingerprint density at radius 3 is 2.67 bits per heavy atom. The van der Waals surface area contributed by atoms with Crippen LogP contribution in [0.15, 0.2) is 28.1 Å². The average molecular weight is 369 g/mol. The number of hydrogen-bond donors (Lipinski definition) is 2. The zero-order chi connectivity index (χ0) is 15.4. The third-order valence-electron chi connectivity index (χ3n) is 2.83. The molecule has 110 valence electrons. The van der Waals surface area contributed by atoms with Gasteiger partial charge in [0.2, 0.25) is 0 Å². The van der Waals surface area contributed by atoms with E-state index in [1.807, 2.05) is 12.1 Å². The van der Waals surface area contributed by atoms with Crippen LogP contribution in [0.5, 0.6) is 0 Å². The second-order valence-electron chi connectivity index (χ2n) is 4.35. The van der Waals surface area contributed by atoms with Gasteiger partial charge >= 0.3 is 5.97 Å². The highest BCUT2D eigenvalue weighted by molar-refractivity contribution is 9.11. The number of hydrogen-bond acceptors (Lipinski definition) is 4. The van der Waals surface area contributed by atoms with Gasteiger partial charge in [0.25, 0.3) is 5.91 Å². The van der Waals surface area contributed by atoms with Crippen molar-refractivity contribution in [3.05, 3.63) is 49.9 Å². The van der Waals surface area contributed by atoms with Crippen molar-refractivity contribution in [3.8, 4) is 0 Å². The van der Waals surface area contributed by atoms with Gasteiger partial charge in [0.05, 0.1) is 15.0 Å². The van der Waals surface area contributed by atoms with Crippen molar-refractivity contribution in [2.75, 3.05) is 6.54 Å². The monoisotopic (exact) mass is 368 g/mol. The molecule has 2 N–H and O–H groups in total. The molecule has 0 aromatic carbocycles. The third-order valence-corrected chi connectivity index (χ3v) is 4.52. The van der Waals surface area contributed by atoms with E-state index < -0.39 is 5.97 Å². The smallest absolute Gasteiger partial charge is 0.337 e.